The van der Waals surface area contributed by atoms with Crippen LogP contribution in [0.2, 0.25) is 0 Å². The molecule has 0 aromatic heterocycles. The first-order chi connectivity index (χ1) is 30.1. The molecule has 3 aliphatic heterocycles. The highest BCUT2D eigenvalue weighted by Gasteiger charge is 2.53. The number of carbonyl (C=O) groups excluding carboxylic acids is 4. The van der Waals surface area contributed by atoms with Gasteiger partial charge in [-0.2, -0.15) is 10.2 Å². The molecule has 0 saturated carbocycles. The normalized spacial score (nSPS) is 18.2. The van der Waals surface area contributed by atoms with Crippen LogP contribution in [0.25, 0.3) is 0 Å². The Balaban J connectivity index is 1.11. The van der Waals surface area contributed by atoms with Crippen LogP contribution in [-0.2, 0) is 37.9 Å². The Morgan fingerprint density at radius 3 is 1.89 bits per heavy atom. The molecule has 12 heteroatoms. The SMILES string of the molecule is C[C@@H](/C=C/CC(=O)N(CCO)Cc1ccccc1)[C@]1(O)C(=O)N(Cc2cccc(N3N=C(c4ccccc4)CCC3=O)c2)c2ccc(N3N=C(c4ccccc4)CCC3=O)cc21. The van der Waals surface area contributed by atoms with Crippen molar-refractivity contribution in [1.82, 2.24) is 4.90 Å². The standard InChI is InChI=1S/C50H48N6O6/c1-35(13-11-22-46(58)53(29-30-57)33-36-14-5-2-6-15-36)50(62)42-32-41(56-48(60)28-25-44(52-56)39-19-9-4-10-20-39)23-26-45(42)54(49(50)61)34-37-16-12-21-40(31-37)55-47(59)27-24-43(51-55)38-17-7-3-8-18-38/h2-21,23,26,31-32,35,57,62H,22,24-25,27-30,33-34H2,1H3/b13-11+/t35-,50+/m0/s1. The second-order valence-electron chi connectivity index (χ2n) is 15.7. The van der Waals surface area contributed by atoms with Gasteiger partial charge in [-0.05, 0) is 52.6 Å². The molecule has 62 heavy (non-hydrogen) atoms. The Bertz CT molecular complexity index is 2560. The minimum Gasteiger partial charge on any atom is -0.395 e. The molecular formula is C50H48N6O6. The number of nitrogens with zero attached hydrogens (tertiary/aromatic N) is 6. The van der Waals surface area contributed by atoms with Crippen LogP contribution < -0.4 is 14.9 Å². The van der Waals surface area contributed by atoms with Crippen molar-refractivity contribution in [3.63, 3.8) is 0 Å². The third-order valence-electron chi connectivity index (χ3n) is 11.6. The fourth-order valence-electron chi connectivity index (χ4n) is 8.23. The molecule has 3 heterocycles. The number of hydrazone groups is 2. The fraction of sp³-hybridized carbons (Fsp3) is 0.240. The fourth-order valence-corrected chi connectivity index (χ4v) is 8.23. The molecule has 8 rings (SSSR count). The molecule has 4 amide bonds. The lowest BCUT2D eigenvalue weighted by atomic mass is 9.82. The molecule has 12 nitrogen and oxygen atoms in total. The number of hydrogen-bond acceptors (Lipinski definition) is 8. The number of benzene rings is 5. The highest BCUT2D eigenvalue weighted by atomic mass is 16.3. The van der Waals surface area contributed by atoms with Crippen LogP contribution in [0.5, 0.6) is 0 Å². The summed E-state index contributed by atoms with van der Waals surface area (Å²) < 4.78 is 0. The molecule has 3 aliphatic rings. The monoisotopic (exact) mass is 828 g/mol. The highest BCUT2D eigenvalue weighted by molar-refractivity contribution is 6.11. The lowest BCUT2D eigenvalue weighted by molar-refractivity contribution is -0.139. The minimum atomic E-state index is -2.10. The van der Waals surface area contributed by atoms with E-state index < -0.39 is 17.4 Å². The van der Waals surface area contributed by atoms with Crippen molar-refractivity contribution >= 4 is 52.1 Å². The van der Waals surface area contributed by atoms with E-state index in [0.717, 1.165) is 28.1 Å². The van der Waals surface area contributed by atoms with Gasteiger partial charge in [-0.3, -0.25) is 19.2 Å². The van der Waals surface area contributed by atoms with Gasteiger partial charge in [0.1, 0.15) is 0 Å². The molecule has 0 bridgehead atoms. The predicted octanol–water partition coefficient (Wildman–Crippen LogP) is 7.09. The largest absolute Gasteiger partial charge is 0.395 e. The quantitative estimate of drug-likeness (QED) is 0.114. The molecular weight excluding hydrogens is 781 g/mol. The number of anilines is 3. The van der Waals surface area contributed by atoms with E-state index in [1.165, 1.54) is 14.9 Å². The molecule has 0 fully saturated rings. The third kappa shape index (κ3) is 8.60. The molecule has 5 aromatic rings. The number of hydrogen-bond donors (Lipinski definition) is 2. The lowest BCUT2D eigenvalue weighted by Crippen LogP contribution is -2.44. The summed E-state index contributed by atoms with van der Waals surface area (Å²) in [6.45, 7) is 2.06. The molecule has 5 aromatic carbocycles. The first kappa shape index (κ1) is 41.7. The van der Waals surface area contributed by atoms with Crippen LogP contribution >= 0.6 is 0 Å². The second-order valence-corrected chi connectivity index (χ2v) is 15.7. The Hall–Kier alpha value is -7.02. The molecule has 0 spiro atoms. The van der Waals surface area contributed by atoms with Crippen LogP contribution in [0.4, 0.5) is 17.1 Å². The average Bonchev–Trinajstić information content (AvgIpc) is 3.52. The summed E-state index contributed by atoms with van der Waals surface area (Å²) in [5.41, 5.74) is 4.61. The topological polar surface area (TPSA) is 146 Å². The molecule has 314 valence electrons. The van der Waals surface area contributed by atoms with Gasteiger partial charge in [0.2, 0.25) is 17.7 Å². The summed E-state index contributed by atoms with van der Waals surface area (Å²) in [4.78, 5) is 57.9. The van der Waals surface area contributed by atoms with Crippen LogP contribution in [-0.4, -0.2) is 63.3 Å². The number of carbonyl (C=O) groups is 4. The first-order valence-corrected chi connectivity index (χ1v) is 20.9. The number of fused-ring (bicyclic) bond motifs is 1. The number of amides is 4. The van der Waals surface area contributed by atoms with Gasteiger partial charge in [0.15, 0.2) is 5.60 Å². The summed E-state index contributed by atoms with van der Waals surface area (Å²) >= 11 is 0. The van der Waals surface area contributed by atoms with Crippen molar-refractivity contribution in [2.45, 2.75) is 57.7 Å². The maximum atomic E-state index is 14.8. The van der Waals surface area contributed by atoms with Crippen molar-refractivity contribution < 1.29 is 29.4 Å². The predicted molar refractivity (Wildman–Crippen MR) is 239 cm³/mol. The Morgan fingerprint density at radius 2 is 1.29 bits per heavy atom. The van der Waals surface area contributed by atoms with Crippen molar-refractivity contribution in [2.24, 2.45) is 16.1 Å². The highest BCUT2D eigenvalue weighted by Crippen LogP contribution is 2.47. The molecule has 0 radical (unpaired) electrons. The summed E-state index contributed by atoms with van der Waals surface area (Å²) in [7, 11) is 0. The van der Waals surface area contributed by atoms with Crippen molar-refractivity contribution in [2.75, 3.05) is 28.1 Å². The maximum absolute atomic E-state index is 14.8. The summed E-state index contributed by atoms with van der Waals surface area (Å²) in [6, 6.07) is 41.3. The molecule has 2 N–H and O–H groups in total. The number of rotatable bonds is 14. The molecule has 2 atom stereocenters. The molecule has 0 unspecified atom stereocenters. The van der Waals surface area contributed by atoms with Gasteiger partial charge < -0.3 is 20.0 Å². The second kappa shape index (κ2) is 18.3. The van der Waals surface area contributed by atoms with Gasteiger partial charge in [-0.15, -0.1) is 0 Å². The van der Waals surface area contributed by atoms with E-state index in [0.29, 0.717) is 54.0 Å². The molecule has 0 aliphatic carbocycles. The van der Waals surface area contributed by atoms with E-state index in [-0.39, 0.29) is 50.3 Å². The van der Waals surface area contributed by atoms with Crippen LogP contribution in [0.1, 0.15) is 66.8 Å². The maximum Gasteiger partial charge on any atom is 0.264 e. The zero-order chi connectivity index (χ0) is 43.2. The van der Waals surface area contributed by atoms with Crippen molar-refractivity contribution in [3.8, 4) is 0 Å². The van der Waals surface area contributed by atoms with Crippen molar-refractivity contribution in [1.29, 1.82) is 0 Å². The van der Waals surface area contributed by atoms with Gasteiger partial charge in [0.25, 0.3) is 5.91 Å². The Labute approximate surface area is 360 Å². The van der Waals surface area contributed by atoms with Crippen LogP contribution in [0.15, 0.2) is 156 Å². The summed E-state index contributed by atoms with van der Waals surface area (Å²) in [5.74, 6) is -1.99. The number of aliphatic hydroxyl groups excluding tert-OH is 1. The van der Waals surface area contributed by atoms with E-state index in [9.17, 15) is 29.4 Å². The zero-order valence-corrected chi connectivity index (χ0v) is 34.5. The van der Waals surface area contributed by atoms with Gasteiger partial charge in [0.05, 0.1) is 41.6 Å². The van der Waals surface area contributed by atoms with E-state index >= 15 is 0 Å². The summed E-state index contributed by atoms with van der Waals surface area (Å²) in [5, 5.41) is 34.7. The van der Waals surface area contributed by atoms with Crippen LogP contribution in [0, 0.1) is 5.92 Å². The van der Waals surface area contributed by atoms with E-state index in [1.807, 2.05) is 109 Å². The van der Waals surface area contributed by atoms with E-state index in [1.54, 1.807) is 48.2 Å². The minimum absolute atomic E-state index is 0.0200. The number of aliphatic hydroxyl groups is 2. The Kier molecular flexibility index (Phi) is 12.3. The average molecular weight is 829 g/mol. The first-order valence-electron chi connectivity index (χ1n) is 20.9. The Morgan fingerprint density at radius 1 is 0.726 bits per heavy atom. The van der Waals surface area contributed by atoms with Crippen LogP contribution in [0.3, 0.4) is 0 Å². The van der Waals surface area contributed by atoms with Gasteiger partial charge >= 0.3 is 0 Å². The zero-order valence-electron chi connectivity index (χ0n) is 34.5. The lowest BCUT2D eigenvalue weighted by Gasteiger charge is -2.29. The third-order valence-corrected chi connectivity index (χ3v) is 11.6. The van der Waals surface area contributed by atoms with Gasteiger partial charge in [0, 0.05) is 56.7 Å². The van der Waals surface area contributed by atoms with Crippen molar-refractivity contribution in [3.05, 3.63) is 173 Å². The van der Waals surface area contributed by atoms with Gasteiger partial charge in [-0.1, -0.05) is 122 Å². The van der Waals surface area contributed by atoms with E-state index in [2.05, 4.69) is 0 Å². The summed E-state index contributed by atoms with van der Waals surface area (Å²) in [6.07, 6.45) is 4.82. The van der Waals surface area contributed by atoms with Gasteiger partial charge in [-0.25, -0.2) is 10.0 Å². The van der Waals surface area contributed by atoms with E-state index in [4.69, 9.17) is 10.2 Å². The smallest absolute Gasteiger partial charge is 0.264 e. The molecule has 0 saturated heterocycles.